The number of thiophene rings is 1. The third-order valence-electron chi connectivity index (χ3n) is 2.61. The maximum Gasteiger partial charge on any atom is 0.0860 e. The van der Waals surface area contributed by atoms with Gasteiger partial charge in [-0.1, -0.05) is 0 Å². The molecular weight excluding hydrogens is 234 g/mol. The van der Waals surface area contributed by atoms with Gasteiger partial charge in [-0.25, -0.2) is 0 Å². The van der Waals surface area contributed by atoms with Crippen molar-refractivity contribution in [2.24, 2.45) is 0 Å². The summed E-state index contributed by atoms with van der Waals surface area (Å²) in [5.74, 6) is 0. The first-order valence-electron chi connectivity index (χ1n) is 5.63. The number of aryl methyl sites for hydroxylation is 1. The molecular formula is C12H17N3OS. The minimum Gasteiger partial charge on any atom is -0.390 e. The van der Waals surface area contributed by atoms with Gasteiger partial charge < -0.3 is 10.4 Å². The van der Waals surface area contributed by atoms with Crippen molar-refractivity contribution in [2.45, 2.75) is 26.1 Å². The normalized spacial score (nSPS) is 12.8. The second kappa shape index (κ2) is 5.95. The van der Waals surface area contributed by atoms with Crippen molar-refractivity contribution in [3.63, 3.8) is 0 Å². The molecule has 0 radical (unpaired) electrons. The van der Waals surface area contributed by atoms with E-state index >= 15 is 0 Å². The Bertz CT molecular complexity index is 438. The summed E-state index contributed by atoms with van der Waals surface area (Å²) in [6, 6.07) is 1.86. The summed E-state index contributed by atoms with van der Waals surface area (Å²) in [7, 11) is 0. The van der Waals surface area contributed by atoms with Crippen molar-refractivity contribution in [3.8, 4) is 0 Å². The van der Waals surface area contributed by atoms with Crippen LogP contribution in [0.4, 0.5) is 0 Å². The van der Waals surface area contributed by atoms with Crippen LogP contribution in [0.1, 0.15) is 11.1 Å². The monoisotopic (exact) mass is 251 g/mol. The molecule has 0 aliphatic heterocycles. The first-order valence-corrected chi connectivity index (χ1v) is 6.58. The van der Waals surface area contributed by atoms with Gasteiger partial charge in [-0.15, -0.1) is 0 Å². The molecule has 4 nitrogen and oxygen atoms in total. The molecule has 17 heavy (non-hydrogen) atoms. The predicted octanol–water partition coefficient (Wildman–Crippen LogP) is 1.40. The lowest BCUT2D eigenvalue weighted by Crippen LogP contribution is -2.30. The van der Waals surface area contributed by atoms with Gasteiger partial charge in [0.2, 0.25) is 0 Å². The number of aliphatic hydroxyl groups excluding tert-OH is 1. The van der Waals surface area contributed by atoms with Crippen LogP contribution in [0.5, 0.6) is 0 Å². The van der Waals surface area contributed by atoms with E-state index < -0.39 is 6.10 Å². The smallest absolute Gasteiger partial charge is 0.0860 e. The van der Waals surface area contributed by atoms with Crippen LogP contribution in [0.2, 0.25) is 0 Å². The standard InChI is InChI=1S/C12H17N3OS/c1-10-8-17-9-11(10)5-13-6-12(16)7-15-4-2-3-14-15/h2-4,8-9,12-13,16H,5-7H2,1H3. The van der Waals surface area contributed by atoms with Crippen LogP contribution < -0.4 is 5.32 Å². The Kier molecular flexibility index (Phi) is 4.30. The lowest BCUT2D eigenvalue weighted by molar-refractivity contribution is 0.146. The Hall–Kier alpha value is -1.17. The van der Waals surface area contributed by atoms with Gasteiger partial charge in [-0.3, -0.25) is 4.68 Å². The second-order valence-corrected chi connectivity index (χ2v) is 4.84. The lowest BCUT2D eigenvalue weighted by atomic mass is 10.2. The average molecular weight is 251 g/mol. The number of rotatable bonds is 6. The molecule has 0 saturated heterocycles. The highest BCUT2D eigenvalue weighted by molar-refractivity contribution is 7.08. The van der Waals surface area contributed by atoms with Crippen molar-refractivity contribution in [2.75, 3.05) is 6.54 Å². The zero-order chi connectivity index (χ0) is 12.1. The topological polar surface area (TPSA) is 50.1 Å². The summed E-state index contributed by atoms with van der Waals surface area (Å²) >= 11 is 1.71. The molecule has 0 aliphatic carbocycles. The van der Waals surface area contributed by atoms with Crippen molar-refractivity contribution >= 4 is 11.3 Å². The highest BCUT2D eigenvalue weighted by Gasteiger charge is 2.05. The molecule has 0 aromatic carbocycles. The van der Waals surface area contributed by atoms with Gasteiger partial charge in [0.15, 0.2) is 0 Å². The van der Waals surface area contributed by atoms with Gasteiger partial charge in [0.25, 0.3) is 0 Å². The fourth-order valence-corrected chi connectivity index (χ4v) is 2.49. The SMILES string of the molecule is Cc1cscc1CNCC(O)Cn1cccn1. The molecule has 2 N–H and O–H groups in total. The molecule has 1 unspecified atom stereocenters. The molecule has 0 saturated carbocycles. The van der Waals surface area contributed by atoms with E-state index in [1.807, 2.05) is 12.3 Å². The molecule has 2 aromatic rings. The van der Waals surface area contributed by atoms with Gasteiger partial charge in [0.1, 0.15) is 0 Å². The highest BCUT2D eigenvalue weighted by atomic mass is 32.1. The van der Waals surface area contributed by atoms with Gasteiger partial charge in [-0.2, -0.15) is 16.4 Å². The molecule has 0 amide bonds. The van der Waals surface area contributed by atoms with Crippen LogP contribution in [0.25, 0.3) is 0 Å². The van der Waals surface area contributed by atoms with Gasteiger partial charge >= 0.3 is 0 Å². The summed E-state index contributed by atoms with van der Waals surface area (Å²) < 4.78 is 1.74. The van der Waals surface area contributed by atoms with Crippen LogP contribution in [-0.4, -0.2) is 27.5 Å². The zero-order valence-corrected chi connectivity index (χ0v) is 10.7. The number of hydrogen-bond acceptors (Lipinski definition) is 4. The summed E-state index contributed by atoms with van der Waals surface area (Å²) in [5.41, 5.74) is 2.62. The second-order valence-electron chi connectivity index (χ2n) is 4.09. The molecule has 0 aliphatic rings. The van der Waals surface area contributed by atoms with Crippen molar-refractivity contribution in [1.29, 1.82) is 0 Å². The molecule has 2 heterocycles. The fraction of sp³-hybridized carbons (Fsp3) is 0.417. The quantitative estimate of drug-likeness (QED) is 0.816. The number of nitrogens with one attached hydrogen (secondary N) is 1. The maximum atomic E-state index is 9.80. The van der Waals surface area contributed by atoms with E-state index in [0.29, 0.717) is 13.1 Å². The summed E-state index contributed by atoms with van der Waals surface area (Å²) in [4.78, 5) is 0. The molecule has 5 heteroatoms. The molecule has 0 spiro atoms. The summed E-state index contributed by atoms with van der Waals surface area (Å²) in [6.07, 6.45) is 3.16. The van der Waals surface area contributed by atoms with E-state index in [2.05, 4.69) is 28.1 Å². The average Bonchev–Trinajstić information content (AvgIpc) is 2.91. The molecule has 1 atom stereocenters. The van der Waals surface area contributed by atoms with Crippen molar-refractivity contribution in [3.05, 3.63) is 40.3 Å². The predicted molar refractivity (Wildman–Crippen MR) is 69.0 cm³/mol. The van der Waals surface area contributed by atoms with E-state index in [4.69, 9.17) is 0 Å². The van der Waals surface area contributed by atoms with Crippen molar-refractivity contribution in [1.82, 2.24) is 15.1 Å². The van der Waals surface area contributed by atoms with Crippen molar-refractivity contribution < 1.29 is 5.11 Å². The minimum atomic E-state index is -0.408. The van der Waals surface area contributed by atoms with Gasteiger partial charge in [-0.05, 0) is 34.9 Å². The number of aliphatic hydroxyl groups is 1. The Balaban J connectivity index is 1.70. The van der Waals surface area contributed by atoms with E-state index in [-0.39, 0.29) is 0 Å². The third-order valence-corrected chi connectivity index (χ3v) is 3.52. The highest BCUT2D eigenvalue weighted by Crippen LogP contribution is 2.12. The summed E-state index contributed by atoms with van der Waals surface area (Å²) in [6.45, 7) is 4.02. The lowest BCUT2D eigenvalue weighted by Gasteiger charge is -2.11. The van der Waals surface area contributed by atoms with E-state index in [1.54, 1.807) is 22.2 Å². The number of hydrogen-bond donors (Lipinski definition) is 2. The Morgan fingerprint density at radius 3 is 3.06 bits per heavy atom. The Morgan fingerprint density at radius 2 is 2.41 bits per heavy atom. The molecule has 2 rings (SSSR count). The molecule has 0 fully saturated rings. The molecule has 92 valence electrons. The Labute approximate surface area is 105 Å². The number of aromatic nitrogens is 2. The van der Waals surface area contributed by atoms with Crippen LogP contribution in [-0.2, 0) is 13.1 Å². The largest absolute Gasteiger partial charge is 0.390 e. The van der Waals surface area contributed by atoms with Crippen LogP contribution in [0.15, 0.2) is 29.2 Å². The molecule has 0 bridgehead atoms. The fourth-order valence-electron chi connectivity index (χ4n) is 1.63. The number of nitrogens with zero attached hydrogens (tertiary/aromatic N) is 2. The van der Waals surface area contributed by atoms with Gasteiger partial charge in [0, 0.05) is 25.5 Å². The molecule has 2 aromatic heterocycles. The van der Waals surface area contributed by atoms with E-state index in [9.17, 15) is 5.11 Å². The third kappa shape index (κ3) is 3.66. The van der Waals surface area contributed by atoms with E-state index in [0.717, 1.165) is 6.54 Å². The maximum absolute atomic E-state index is 9.80. The summed E-state index contributed by atoms with van der Waals surface area (Å²) in [5, 5.41) is 21.4. The first-order chi connectivity index (χ1) is 8.25. The first kappa shape index (κ1) is 12.3. The van der Waals surface area contributed by atoms with Gasteiger partial charge in [0.05, 0.1) is 12.6 Å². The Morgan fingerprint density at radius 1 is 1.53 bits per heavy atom. The van der Waals surface area contributed by atoms with Crippen LogP contribution in [0, 0.1) is 6.92 Å². The van der Waals surface area contributed by atoms with Crippen LogP contribution in [0.3, 0.4) is 0 Å². The minimum absolute atomic E-state index is 0.408. The van der Waals surface area contributed by atoms with Crippen LogP contribution >= 0.6 is 11.3 Å². The zero-order valence-electron chi connectivity index (χ0n) is 9.84. The van der Waals surface area contributed by atoms with E-state index in [1.165, 1.54) is 11.1 Å².